The van der Waals surface area contributed by atoms with Gasteiger partial charge < -0.3 is 25.7 Å². The summed E-state index contributed by atoms with van der Waals surface area (Å²) in [6.07, 6.45) is 1.51. The second kappa shape index (κ2) is 11.2. The zero-order valence-electron chi connectivity index (χ0n) is 24.7. The number of carbonyl (C=O) groups is 1. The summed E-state index contributed by atoms with van der Waals surface area (Å²) in [5.41, 5.74) is 8.41. The molecule has 2 saturated heterocycles. The molecule has 2 aromatic rings. The van der Waals surface area contributed by atoms with Crippen molar-refractivity contribution in [1.82, 2.24) is 19.6 Å². The van der Waals surface area contributed by atoms with Gasteiger partial charge in [-0.05, 0) is 51.3 Å². The number of rotatable bonds is 9. The van der Waals surface area contributed by atoms with E-state index in [0.29, 0.717) is 72.5 Å². The van der Waals surface area contributed by atoms with Crippen molar-refractivity contribution in [3.8, 4) is 11.1 Å². The van der Waals surface area contributed by atoms with Gasteiger partial charge in [-0.25, -0.2) is 8.78 Å². The van der Waals surface area contributed by atoms with Crippen LogP contribution < -0.4 is 10.6 Å². The second-order valence-corrected chi connectivity index (χ2v) is 12.7. The molecule has 3 fully saturated rings. The Morgan fingerprint density at radius 1 is 1.29 bits per heavy atom. The van der Waals surface area contributed by atoms with E-state index in [2.05, 4.69) is 6.58 Å². The van der Waals surface area contributed by atoms with Crippen LogP contribution in [0.1, 0.15) is 42.6 Å². The molecule has 0 radical (unpaired) electrons. The molecule has 1 spiro atoms. The molecule has 2 aliphatic heterocycles. The first-order valence-corrected chi connectivity index (χ1v) is 14.6. The average molecular weight is 604 g/mol. The molecule has 1 saturated carbocycles. The number of ether oxygens (including phenoxy) is 1. The van der Waals surface area contributed by atoms with Gasteiger partial charge in [-0.15, -0.1) is 0 Å². The summed E-state index contributed by atoms with van der Waals surface area (Å²) in [6.45, 7) is 12.4. The van der Waals surface area contributed by atoms with Crippen LogP contribution in [0.5, 0.6) is 0 Å². The molecule has 42 heavy (non-hydrogen) atoms. The van der Waals surface area contributed by atoms with Gasteiger partial charge in [0, 0.05) is 86.1 Å². The standard InChI is InChI=1S/C30H40ClF2N7O2/c1-6-23(41)38-16-30(17-38)12-20(13-30)40-19(3)24(25-21(14-34)22(35)11-18(2)26(25)31)27(36-40)39-8-7-37(9-10-42-5)15-29(39,4)28(32)33/h6,11,14,20,28,34H,1,7-10,12-13,15-17,35H2,2-5H3/t29-/m1/s1. The van der Waals surface area contributed by atoms with Crippen molar-refractivity contribution in [1.29, 1.82) is 5.41 Å². The Balaban J connectivity index is 1.59. The van der Waals surface area contributed by atoms with E-state index in [-0.39, 0.29) is 23.9 Å². The minimum absolute atomic E-state index is 0.0397. The van der Waals surface area contributed by atoms with Crippen molar-refractivity contribution in [2.75, 3.05) is 63.6 Å². The van der Waals surface area contributed by atoms with E-state index >= 15 is 0 Å². The van der Waals surface area contributed by atoms with Gasteiger partial charge in [-0.1, -0.05) is 18.2 Å². The number of piperazine rings is 1. The molecule has 0 bridgehead atoms. The van der Waals surface area contributed by atoms with Gasteiger partial charge in [0.15, 0.2) is 5.82 Å². The third-order valence-electron chi connectivity index (χ3n) is 9.40. The van der Waals surface area contributed by atoms with Crippen molar-refractivity contribution in [3.63, 3.8) is 0 Å². The number of aryl methyl sites for hydroxylation is 1. The number of hydrogen-bond acceptors (Lipinski definition) is 7. The maximum atomic E-state index is 15.0. The Kier molecular flexibility index (Phi) is 8.15. The molecule has 9 nitrogen and oxygen atoms in total. The fourth-order valence-electron chi connectivity index (χ4n) is 7.05. The molecule has 1 aromatic carbocycles. The Morgan fingerprint density at radius 3 is 2.57 bits per heavy atom. The summed E-state index contributed by atoms with van der Waals surface area (Å²) < 4.78 is 37.1. The first-order chi connectivity index (χ1) is 19.9. The van der Waals surface area contributed by atoms with Crippen LogP contribution in [0.4, 0.5) is 20.3 Å². The van der Waals surface area contributed by atoms with Crippen LogP contribution in [0.3, 0.4) is 0 Å². The first-order valence-electron chi connectivity index (χ1n) is 14.3. The maximum Gasteiger partial charge on any atom is 0.262 e. The molecule has 12 heteroatoms. The van der Waals surface area contributed by atoms with Gasteiger partial charge in [0.05, 0.1) is 17.7 Å². The van der Waals surface area contributed by atoms with Crippen LogP contribution >= 0.6 is 11.6 Å². The monoisotopic (exact) mass is 603 g/mol. The predicted octanol–water partition coefficient (Wildman–Crippen LogP) is 4.54. The van der Waals surface area contributed by atoms with Crippen molar-refractivity contribution >= 4 is 35.2 Å². The Bertz CT molecular complexity index is 1400. The number of amides is 1. The zero-order chi connectivity index (χ0) is 30.6. The SMILES string of the molecule is C=CC(=O)N1CC2(CC(n3nc(N4CCN(CCOC)C[C@]4(C)C(F)F)c(-c4c(Cl)c(C)cc(N)c4C=N)c3C)C2)C1. The lowest BCUT2D eigenvalue weighted by Gasteiger charge is -2.58. The van der Waals surface area contributed by atoms with Crippen molar-refractivity contribution < 1.29 is 18.3 Å². The molecule has 0 unspecified atom stereocenters. The minimum Gasteiger partial charge on any atom is -0.398 e. The number of anilines is 2. The number of alkyl halides is 2. The highest BCUT2D eigenvalue weighted by Gasteiger charge is 2.55. The van der Waals surface area contributed by atoms with E-state index in [1.54, 1.807) is 29.9 Å². The minimum atomic E-state index is -2.66. The van der Waals surface area contributed by atoms with E-state index < -0.39 is 12.0 Å². The molecule has 3 aliphatic rings. The van der Waals surface area contributed by atoms with Gasteiger partial charge in [-0.2, -0.15) is 5.10 Å². The van der Waals surface area contributed by atoms with Gasteiger partial charge in [0.25, 0.3) is 6.43 Å². The number of nitrogens with two attached hydrogens (primary N) is 1. The fourth-order valence-corrected chi connectivity index (χ4v) is 7.30. The van der Waals surface area contributed by atoms with Gasteiger partial charge in [0.2, 0.25) is 5.91 Å². The number of likely N-dealkylation sites (tertiary alicyclic amines) is 1. The Morgan fingerprint density at radius 2 is 1.98 bits per heavy atom. The number of nitrogens with zero attached hydrogens (tertiary/aromatic N) is 5. The number of benzene rings is 1. The number of carbonyl (C=O) groups excluding carboxylic acids is 1. The first kappa shape index (κ1) is 30.4. The lowest BCUT2D eigenvalue weighted by atomic mass is 9.60. The van der Waals surface area contributed by atoms with Gasteiger partial charge in [-0.3, -0.25) is 14.4 Å². The molecule has 1 atom stereocenters. The Labute approximate surface area is 250 Å². The second-order valence-electron chi connectivity index (χ2n) is 12.3. The van der Waals surface area contributed by atoms with Crippen LogP contribution in [0.25, 0.3) is 11.1 Å². The molecule has 228 valence electrons. The predicted molar refractivity (Wildman–Crippen MR) is 162 cm³/mol. The summed E-state index contributed by atoms with van der Waals surface area (Å²) in [7, 11) is 1.60. The van der Waals surface area contributed by atoms with Gasteiger partial charge >= 0.3 is 0 Å². The van der Waals surface area contributed by atoms with Crippen molar-refractivity contribution in [3.05, 3.63) is 40.6 Å². The molecule has 1 amide bonds. The molecule has 1 aromatic heterocycles. The highest BCUT2D eigenvalue weighted by molar-refractivity contribution is 6.35. The normalized spacial score (nSPS) is 22.4. The van der Waals surface area contributed by atoms with Crippen LogP contribution in [-0.4, -0.2) is 96.7 Å². The summed E-state index contributed by atoms with van der Waals surface area (Å²) in [6, 6.07) is 1.77. The zero-order valence-corrected chi connectivity index (χ0v) is 25.5. The number of aromatic nitrogens is 2. The third-order valence-corrected chi connectivity index (χ3v) is 9.89. The summed E-state index contributed by atoms with van der Waals surface area (Å²) in [4.78, 5) is 17.5. The lowest BCUT2D eigenvalue weighted by Crippen LogP contribution is -2.65. The van der Waals surface area contributed by atoms with E-state index in [9.17, 15) is 13.6 Å². The summed E-state index contributed by atoms with van der Waals surface area (Å²) in [5.74, 6) is 0.361. The number of halogens is 3. The number of hydrogen-bond donors (Lipinski definition) is 2. The average Bonchev–Trinajstić information content (AvgIpc) is 3.23. The van der Waals surface area contributed by atoms with E-state index in [1.165, 1.54) is 12.3 Å². The largest absolute Gasteiger partial charge is 0.398 e. The number of nitrogen functional groups attached to an aromatic ring is 1. The van der Waals surface area contributed by atoms with Crippen LogP contribution in [0, 0.1) is 24.7 Å². The quantitative estimate of drug-likeness (QED) is 0.248. The Hall–Kier alpha value is -3.02. The molecule has 3 N–H and O–H groups in total. The van der Waals surface area contributed by atoms with E-state index in [4.69, 9.17) is 32.6 Å². The third kappa shape index (κ3) is 4.89. The lowest BCUT2D eigenvalue weighted by molar-refractivity contribution is -0.149. The number of methoxy groups -OCH3 is 1. The molecule has 3 heterocycles. The highest BCUT2D eigenvalue weighted by atomic mass is 35.5. The van der Waals surface area contributed by atoms with Crippen molar-refractivity contribution in [2.24, 2.45) is 5.41 Å². The highest BCUT2D eigenvalue weighted by Crippen LogP contribution is 2.56. The van der Waals surface area contributed by atoms with Gasteiger partial charge in [0.1, 0.15) is 5.54 Å². The summed E-state index contributed by atoms with van der Waals surface area (Å²) in [5, 5.41) is 13.7. The van der Waals surface area contributed by atoms with E-state index in [0.717, 1.165) is 24.1 Å². The molecule has 5 rings (SSSR count). The fraction of sp³-hybridized carbons (Fsp3) is 0.567. The van der Waals surface area contributed by atoms with E-state index in [1.807, 2.05) is 23.4 Å². The van der Waals surface area contributed by atoms with Crippen molar-refractivity contribution in [2.45, 2.75) is 51.6 Å². The van der Waals surface area contributed by atoms with Crippen LogP contribution in [0.15, 0.2) is 18.7 Å². The topological polar surface area (TPSA) is 104 Å². The van der Waals surface area contributed by atoms with Crippen LogP contribution in [-0.2, 0) is 9.53 Å². The molecule has 1 aliphatic carbocycles. The smallest absolute Gasteiger partial charge is 0.262 e. The van der Waals surface area contributed by atoms with Crippen LogP contribution in [0.2, 0.25) is 5.02 Å². The maximum absolute atomic E-state index is 15.0. The summed E-state index contributed by atoms with van der Waals surface area (Å²) >= 11 is 6.92. The molecular formula is C30H40ClF2N7O2. The molecular weight excluding hydrogens is 564 g/mol. The number of nitrogens with one attached hydrogen (secondary N) is 1.